The van der Waals surface area contributed by atoms with Gasteiger partial charge in [0.25, 0.3) is 5.91 Å². The highest BCUT2D eigenvalue weighted by Gasteiger charge is 2.31. The number of nitrogens with two attached hydrogens (primary N) is 1. The number of aromatic nitrogens is 3. The van der Waals surface area contributed by atoms with Crippen molar-refractivity contribution in [2.24, 2.45) is 5.92 Å². The Bertz CT molecular complexity index is 1700. The summed E-state index contributed by atoms with van der Waals surface area (Å²) in [6, 6.07) is 12.2. The van der Waals surface area contributed by atoms with Gasteiger partial charge in [0.1, 0.15) is 52.6 Å². The van der Waals surface area contributed by atoms with E-state index in [2.05, 4.69) is 20.6 Å². The van der Waals surface area contributed by atoms with Crippen molar-refractivity contribution in [1.29, 1.82) is 5.26 Å². The van der Waals surface area contributed by atoms with E-state index in [-0.39, 0.29) is 23.3 Å². The molecule has 0 radical (unpaired) electrons. The van der Waals surface area contributed by atoms with Gasteiger partial charge in [-0.25, -0.2) is 18.7 Å². The summed E-state index contributed by atoms with van der Waals surface area (Å²) in [6.07, 6.45) is 6.92. The molecule has 1 saturated heterocycles. The van der Waals surface area contributed by atoms with E-state index < -0.39 is 11.6 Å². The molecule has 0 unspecified atom stereocenters. The fraction of sp³-hybridized carbons (Fsp3) is 0.290. The molecular formula is C31H28F2N6O2. The first kappa shape index (κ1) is 26.4. The third-order valence-electron chi connectivity index (χ3n) is 7.70. The van der Waals surface area contributed by atoms with Gasteiger partial charge in [0, 0.05) is 42.5 Å². The maximum atomic E-state index is 13.6. The molecular weight excluding hydrogens is 526 g/mol. The van der Waals surface area contributed by atoms with Crippen molar-refractivity contribution in [3.05, 3.63) is 77.8 Å². The maximum absolute atomic E-state index is 13.6. The van der Waals surface area contributed by atoms with E-state index in [4.69, 9.17) is 10.5 Å². The van der Waals surface area contributed by atoms with Crippen molar-refractivity contribution in [3.63, 3.8) is 0 Å². The second kappa shape index (κ2) is 10.7. The second-order valence-electron chi connectivity index (χ2n) is 10.6. The van der Waals surface area contributed by atoms with Crippen LogP contribution in [0.4, 0.5) is 14.6 Å². The van der Waals surface area contributed by atoms with Gasteiger partial charge in [0.15, 0.2) is 0 Å². The highest BCUT2D eigenvalue weighted by molar-refractivity contribution is 6.02. The first-order valence-corrected chi connectivity index (χ1v) is 13.6. The summed E-state index contributed by atoms with van der Waals surface area (Å²) in [4.78, 5) is 23.8. The summed E-state index contributed by atoms with van der Waals surface area (Å²) < 4.78 is 35.0. The van der Waals surface area contributed by atoms with Crippen LogP contribution in [0.5, 0.6) is 11.5 Å². The number of nitrogens with zero attached hydrogens (tertiary/aromatic N) is 5. The molecule has 1 aliphatic carbocycles. The number of nitrogen functional groups attached to an aromatic ring is 1. The first-order chi connectivity index (χ1) is 19.8. The van der Waals surface area contributed by atoms with Gasteiger partial charge >= 0.3 is 0 Å². The molecule has 1 atom stereocenters. The lowest BCUT2D eigenvalue weighted by atomic mass is 10.0. The van der Waals surface area contributed by atoms with Crippen LogP contribution in [0.15, 0.2) is 60.4 Å². The number of benzene rings is 2. The molecule has 1 saturated carbocycles. The zero-order valence-corrected chi connectivity index (χ0v) is 22.5. The third kappa shape index (κ3) is 5.23. The van der Waals surface area contributed by atoms with E-state index in [9.17, 15) is 18.8 Å². The van der Waals surface area contributed by atoms with E-state index >= 15 is 0 Å². The summed E-state index contributed by atoms with van der Waals surface area (Å²) in [7, 11) is 0. The average molecular weight is 555 g/mol. The molecule has 2 aliphatic rings. The van der Waals surface area contributed by atoms with E-state index in [0.717, 1.165) is 60.7 Å². The van der Waals surface area contributed by atoms with Gasteiger partial charge in [-0.05, 0) is 56.2 Å². The van der Waals surface area contributed by atoms with Gasteiger partial charge in [0.05, 0.1) is 11.4 Å². The van der Waals surface area contributed by atoms with E-state index in [0.29, 0.717) is 41.6 Å². The minimum atomic E-state index is -0.721. The predicted octanol–water partition coefficient (Wildman–Crippen LogP) is 6.08. The van der Waals surface area contributed by atoms with Gasteiger partial charge in [0.2, 0.25) is 0 Å². The number of ether oxygens (including phenoxy) is 1. The number of anilines is 1. The predicted molar refractivity (Wildman–Crippen MR) is 150 cm³/mol. The monoisotopic (exact) mass is 554 g/mol. The van der Waals surface area contributed by atoms with E-state index in [1.807, 2.05) is 25.1 Å². The van der Waals surface area contributed by atoms with Crippen LogP contribution in [-0.4, -0.2) is 38.4 Å². The summed E-state index contributed by atoms with van der Waals surface area (Å²) in [6.45, 7) is 3.04. The molecule has 41 heavy (non-hydrogen) atoms. The normalized spacial score (nSPS) is 17.5. The lowest BCUT2D eigenvalue weighted by molar-refractivity contribution is -0.128. The molecule has 10 heteroatoms. The molecule has 6 rings (SSSR count). The number of amides is 1. The number of carbonyl (C=O) groups excluding carboxylic acids is 1. The van der Waals surface area contributed by atoms with Crippen molar-refractivity contribution in [2.45, 2.75) is 38.6 Å². The molecule has 2 N–H and O–H groups in total. The van der Waals surface area contributed by atoms with Gasteiger partial charge < -0.3 is 19.9 Å². The van der Waals surface area contributed by atoms with Crippen molar-refractivity contribution < 1.29 is 18.3 Å². The topological polar surface area (TPSA) is 110 Å². The van der Waals surface area contributed by atoms with Crippen LogP contribution < -0.4 is 10.5 Å². The number of carbonyl (C=O) groups is 1. The second-order valence-corrected chi connectivity index (χ2v) is 10.6. The number of likely N-dealkylation sites (tertiary alicyclic amines) is 1. The SMILES string of the molecule is Cc1c(-c2ccc(Oc3cc(F)cc(F)c3)cc2)c2c(N)ncnc2n1[C@@H]1CCCN(C(=O)/C(C#N)=C/C2CC2)C1. The molecule has 0 spiro atoms. The Morgan fingerprint density at radius 1 is 1.10 bits per heavy atom. The number of nitriles is 1. The minimum absolute atomic E-state index is 0.0589. The molecule has 1 amide bonds. The molecule has 208 valence electrons. The average Bonchev–Trinajstić information content (AvgIpc) is 3.72. The quantitative estimate of drug-likeness (QED) is 0.228. The van der Waals surface area contributed by atoms with Crippen LogP contribution in [0.1, 0.15) is 37.4 Å². The smallest absolute Gasteiger partial charge is 0.264 e. The van der Waals surface area contributed by atoms with Crippen molar-refractivity contribution in [3.8, 4) is 28.7 Å². The van der Waals surface area contributed by atoms with Crippen LogP contribution in [-0.2, 0) is 4.79 Å². The summed E-state index contributed by atoms with van der Waals surface area (Å²) in [5.41, 5.74) is 9.90. The Kier molecular flexibility index (Phi) is 6.87. The number of hydrogen-bond acceptors (Lipinski definition) is 6. The minimum Gasteiger partial charge on any atom is -0.457 e. The Morgan fingerprint density at radius 3 is 2.51 bits per heavy atom. The standard InChI is InChI=1S/C31H28F2N6O2/c1-18-27(20-6-8-25(9-7-20)41-26-13-22(32)12-23(33)14-26)28-29(35)36-17-37-30(28)39(18)24-3-2-10-38(16-24)31(40)21(15-34)11-19-4-5-19/h6-9,11-14,17,19,24H,2-5,10,16H2,1H3,(H2,35,36,37)/b21-11+/t24-/m1/s1. The Labute approximate surface area is 235 Å². The highest BCUT2D eigenvalue weighted by Crippen LogP contribution is 2.40. The zero-order valence-electron chi connectivity index (χ0n) is 22.5. The molecule has 2 fully saturated rings. The molecule has 1 aliphatic heterocycles. The lowest BCUT2D eigenvalue weighted by Gasteiger charge is -2.34. The zero-order chi connectivity index (χ0) is 28.7. The number of hydrogen-bond donors (Lipinski definition) is 1. The van der Waals surface area contributed by atoms with Gasteiger partial charge in [-0.1, -0.05) is 18.2 Å². The van der Waals surface area contributed by atoms with Crippen LogP contribution in [0.25, 0.3) is 22.2 Å². The third-order valence-corrected chi connectivity index (χ3v) is 7.70. The molecule has 0 bridgehead atoms. The number of rotatable bonds is 6. The molecule has 3 heterocycles. The van der Waals surface area contributed by atoms with Crippen molar-refractivity contribution in [2.75, 3.05) is 18.8 Å². The molecule has 4 aromatic rings. The van der Waals surface area contributed by atoms with Gasteiger partial charge in [-0.15, -0.1) is 0 Å². The van der Waals surface area contributed by atoms with E-state index in [1.165, 1.54) is 6.33 Å². The van der Waals surface area contributed by atoms with Crippen LogP contribution in [0.3, 0.4) is 0 Å². The summed E-state index contributed by atoms with van der Waals surface area (Å²) >= 11 is 0. The lowest BCUT2D eigenvalue weighted by Crippen LogP contribution is -2.41. The van der Waals surface area contributed by atoms with Crippen molar-refractivity contribution in [1.82, 2.24) is 19.4 Å². The molecule has 2 aromatic heterocycles. The van der Waals surface area contributed by atoms with E-state index in [1.54, 1.807) is 17.0 Å². The molecule has 2 aromatic carbocycles. The fourth-order valence-corrected chi connectivity index (χ4v) is 5.66. The fourth-order valence-electron chi connectivity index (χ4n) is 5.66. The van der Waals surface area contributed by atoms with Gasteiger partial charge in [-0.3, -0.25) is 4.79 Å². The Morgan fingerprint density at radius 2 is 1.83 bits per heavy atom. The number of piperidine rings is 1. The largest absolute Gasteiger partial charge is 0.457 e. The van der Waals surface area contributed by atoms with Gasteiger partial charge in [-0.2, -0.15) is 5.26 Å². The Balaban J connectivity index is 1.33. The summed E-state index contributed by atoms with van der Waals surface area (Å²) in [5.74, 6) is -0.518. The number of fused-ring (bicyclic) bond motifs is 1. The maximum Gasteiger partial charge on any atom is 0.264 e. The van der Waals surface area contributed by atoms with Crippen LogP contribution >= 0.6 is 0 Å². The molecule has 8 nitrogen and oxygen atoms in total. The number of allylic oxidation sites excluding steroid dienone is 1. The first-order valence-electron chi connectivity index (χ1n) is 13.6. The number of halogens is 2. The Hall–Kier alpha value is -4.78. The van der Waals surface area contributed by atoms with Crippen LogP contribution in [0.2, 0.25) is 0 Å². The highest BCUT2D eigenvalue weighted by atomic mass is 19.1. The van der Waals surface area contributed by atoms with Crippen LogP contribution in [0, 0.1) is 35.8 Å². The summed E-state index contributed by atoms with van der Waals surface area (Å²) in [5, 5.41) is 10.3. The van der Waals surface area contributed by atoms with Crippen molar-refractivity contribution >= 4 is 22.8 Å².